The molecule has 2 atom stereocenters. The SMILES string of the molecule is CS(=O)N1CCC(n2c(Cl)nc3c(N4CCOCC4)nc(-c4cnc(N)nc4)nc32)C1. The molecule has 5 rings (SSSR count). The van der Waals surface area contributed by atoms with Crippen molar-refractivity contribution in [3.63, 3.8) is 0 Å². The number of imidazole rings is 1. The maximum absolute atomic E-state index is 11.9. The number of hydrogen-bond donors (Lipinski definition) is 1. The van der Waals surface area contributed by atoms with Crippen LogP contribution in [0.5, 0.6) is 0 Å². The first-order valence-electron chi connectivity index (χ1n) is 9.96. The van der Waals surface area contributed by atoms with Crippen LogP contribution in [0.3, 0.4) is 0 Å². The fraction of sp³-hybridized carbons (Fsp3) is 0.500. The van der Waals surface area contributed by atoms with Crippen molar-refractivity contribution in [3.05, 3.63) is 17.7 Å². The average Bonchev–Trinajstić information content (AvgIpc) is 3.38. The maximum atomic E-state index is 11.9. The molecular formula is C18H22ClN9O2S. The van der Waals surface area contributed by atoms with E-state index in [9.17, 15) is 4.21 Å². The summed E-state index contributed by atoms with van der Waals surface area (Å²) in [6.45, 7) is 3.95. The van der Waals surface area contributed by atoms with Gasteiger partial charge in [-0.3, -0.25) is 4.57 Å². The second-order valence-electron chi connectivity index (χ2n) is 7.48. The second-order valence-corrected chi connectivity index (χ2v) is 9.18. The molecule has 0 spiro atoms. The van der Waals surface area contributed by atoms with Gasteiger partial charge in [-0.1, -0.05) is 0 Å². The van der Waals surface area contributed by atoms with Crippen LogP contribution in [-0.2, 0) is 15.7 Å². The van der Waals surface area contributed by atoms with Crippen LogP contribution in [0.4, 0.5) is 11.8 Å². The van der Waals surface area contributed by atoms with Crippen LogP contribution in [0.1, 0.15) is 12.5 Å². The molecule has 2 unspecified atom stereocenters. The Morgan fingerprint density at radius 2 is 1.90 bits per heavy atom. The predicted octanol–water partition coefficient (Wildman–Crippen LogP) is 0.896. The number of ether oxygens (including phenoxy) is 1. The summed E-state index contributed by atoms with van der Waals surface area (Å²) < 4.78 is 21.3. The lowest BCUT2D eigenvalue weighted by Crippen LogP contribution is -2.37. The van der Waals surface area contributed by atoms with Crippen LogP contribution in [0.25, 0.3) is 22.6 Å². The number of hydrogen-bond acceptors (Lipinski definition) is 9. The average molecular weight is 464 g/mol. The molecule has 5 heterocycles. The van der Waals surface area contributed by atoms with E-state index in [0.29, 0.717) is 66.5 Å². The van der Waals surface area contributed by atoms with E-state index < -0.39 is 11.0 Å². The van der Waals surface area contributed by atoms with Crippen LogP contribution in [0.15, 0.2) is 12.4 Å². The number of rotatable bonds is 4. The highest BCUT2D eigenvalue weighted by molar-refractivity contribution is 7.81. The molecule has 2 saturated heterocycles. The molecule has 3 aromatic rings. The van der Waals surface area contributed by atoms with Crippen molar-refractivity contribution in [1.82, 2.24) is 33.8 Å². The zero-order valence-electron chi connectivity index (χ0n) is 16.9. The lowest BCUT2D eigenvalue weighted by Gasteiger charge is -2.28. The molecule has 2 aliphatic rings. The molecule has 3 aromatic heterocycles. The Hall–Kier alpha value is -2.41. The largest absolute Gasteiger partial charge is 0.378 e. The molecular weight excluding hydrogens is 442 g/mol. The maximum Gasteiger partial charge on any atom is 0.219 e. The third kappa shape index (κ3) is 3.84. The van der Waals surface area contributed by atoms with Gasteiger partial charge in [0.2, 0.25) is 11.2 Å². The first-order valence-corrected chi connectivity index (χ1v) is 11.8. The Morgan fingerprint density at radius 3 is 2.58 bits per heavy atom. The monoisotopic (exact) mass is 463 g/mol. The highest BCUT2D eigenvalue weighted by atomic mass is 35.5. The lowest BCUT2D eigenvalue weighted by molar-refractivity contribution is 0.122. The van der Waals surface area contributed by atoms with E-state index in [0.717, 1.165) is 13.0 Å². The molecule has 2 aliphatic heterocycles. The quantitative estimate of drug-likeness (QED) is 0.561. The molecule has 0 aromatic carbocycles. The van der Waals surface area contributed by atoms with Crippen LogP contribution >= 0.6 is 11.6 Å². The Labute approximate surface area is 186 Å². The van der Waals surface area contributed by atoms with E-state index in [1.807, 2.05) is 8.87 Å². The zero-order valence-corrected chi connectivity index (χ0v) is 18.5. The minimum absolute atomic E-state index is 0.0179. The molecule has 11 nitrogen and oxygen atoms in total. The highest BCUT2D eigenvalue weighted by Crippen LogP contribution is 2.34. The van der Waals surface area contributed by atoms with Gasteiger partial charge in [0.05, 0.1) is 35.8 Å². The number of fused-ring (bicyclic) bond motifs is 1. The number of nitrogens with two attached hydrogens (primary N) is 1. The molecule has 164 valence electrons. The fourth-order valence-electron chi connectivity index (χ4n) is 3.99. The second kappa shape index (κ2) is 8.26. The number of anilines is 2. The highest BCUT2D eigenvalue weighted by Gasteiger charge is 2.31. The summed E-state index contributed by atoms with van der Waals surface area (Å²) in [4.78, 5) is 24.5. The Bertz CT molecular complexity index is 1130. The van der Waals surface area contributed by atoms with Gasteiger partial charge in [-0.05, 0) is 18.0 Å². The Morgan fingerprint density at radius 1 is 1.16 bits per heavy atom. The van der Waals surface area contributed by atoms with Gasteiger partial charge in [-0.15, -0.1) is 0 Å². The van der Waals surface area contributed by atoms with E-state index in [-0.39, 0.29) is 12.0 Å². The van der Waals surface area contributed by atoms with E-state index in [1.165, 1.54) is 0 Å². The summed E-state index contributed by atoms with van der Waals surface area (Å²) in [6.07, 6.45) is 5.70. The minimum Gasteiger partial charge on any atom is -0.378 e. The van der Waals surface area contributed by atoms with Gasteiger partial charge >= 0.3 is 0 Å². The molecule has 0 bridgehead atoms. The van der Waals surface area contributed by atoms with Gasteiger partial charge < -0.3 is 15.4 Å². The third-order valence-corrected chi connectivity index (χ3v) is 6.90. The minimum atomic E-state index is -1.03. The van der Waals surface area contributed by atoms with Crippen LogP contribution in [0, 0.1) is 0 Å². The lowest BCUT2D eigenvalue weighted by atomic mass is 10.2. The molecule has 13 heteroatoms. The normalized spacial score (nSPS) is 21.1. The van der Waals surface area contributed by atoms with Gasteiger partial charge in [0, 0.05) is 44.8 Å². The summed E-state index contributed by atoms with van der Waals surface area (Å²) in [5, 5.41) is 0.346. The standard InChI is InChI=1S/C18H22ClN9O2S/c1-31(29)27-3-2-12(10-27)28-16-13(23-17(28)19)15(26-4-6-30-7-5-26)24-14(25-16)11-8-21-18(20)22-9-11/h8-9,12H,2-7,10H2,1H3,(H2,20,21,22). The van der Waals surface area contributed by atoms with E-state index in [2.05, 4.69) is 19.9 Å². The van der Waals surface area contributed by atoms with Crippen molar-refractivity contribution in [3.8, 4) is 11.4 Å². The summed E-state index contributed by atoms with van der Waals surface area (Å²) in [6, 6.07) is 0.0179. The summed E-state index contributed by atoms with van der Waals surface area (Å²) in [5.41, 5.74) is 7.58. The predicted molar refractivity (Wildman–Crippen MR) is 118 cm³/mol. The smallest absolute Gasteiger partial charge is 0.219 e. The number of nitrogen functional groups attached to an aromatic ring is 1. The first-order chi connectivity index (χ1) is 15.0. The van der Waals surface area contributed by atoms with Crippen molar-refractivity contribution in [2.24, 2.45) is 0 Å². The summed E-state index contributed by atoms with van der Waals surface area (Å²) >= 11 is 6.61. The molecule has 0 amide bonds. The number of halogens is 1. The molecule has 31 heavy (non-hydrogen) atoms. The van der Waals surface area contributed by atoms with Gasteiger partial charge in [0.25, 0.3) is 0 Å². The number of aromatic nitrogens is 6. The van der Waals surface area contributed by atoms with Gasteiger partial charge in [0.1, 0.15) is 0 Å². The van der Waals surface area contributed by atoms with Crippen molar-refractivity contribution in [2.45, 2.75) is 12.5 Å². The van der Waals surface area contributed by atoms with Crippen LogP contribution in [0.2, 0.25) is 5.28 Å². The Balaban J connectivity index is 1.66. The molecule has 2 N–H and O–H groups in total. The topological polar surface area (TPSA) is 128 Å². The summed E-state index contributed by atoms with van der Waals surface area (Å²) in [7, 11) is -1.03. The molecule has 2 fully saturated rings. The number of morpholine rings is 1. The molecule has 0 radical (unpaired) electrons. The van der Waals surface area contributed by atoms with Crippen LogP contribution in [-0.4, -0.2) is 83.6 Å². The molecule has 0 aliphatic carbocycles. The summed E-state index contributed by atoms with van der Waals surface area (Å²) in [5.74, 6) is 1.36. The van der Waals surface area contributed by atoms with Crippen molar-refractivity contribution in [2.75, 3.05) is 56.3 Å². The van der Waals surface area contributed by atoms with E-state index >= 15 is 0 Å². The van der Waals surface area contributed by atoms with E-state index in [4.69, 9.17) is 32.0 Å². The Kier molecular flexibility index (Phi) is 5.46. The third-order valence-electron chi connectivity index (χ3n) is 5.57. The molecule has 0 saturated carbocycles. The first kappa shape index (κ1) is 20.5. The van der Waals surface area contributed by atoms with Crippen LogP contribution < -0.4 is 10.6 Å². The van der Waals surface area contributed by atoms with Gasteiger partial charge in [-0.2, -0.15) is 0 Å². The van der Waals surface area contributed by atoms with Gasteiger partial charge in [0.15, 0.2) is 22.8 Å². The fourth-order valence-corrected chi connectivity index (χ4v) is 5.04. The van der Waals surface area contributed by atoms with Crippen molar-refractivity contribution >= 4 is 45.5 Å². The van der Waals surface area contributed by atoms with E-state index in [1.54, 1.807) is 18.6 Å². The van der Waals surface area contributed by atoms with Crippen molar-refractivity contribution in [1.29, 1.82) is 0 Å². The number of nitrogens with zero attached hydrogens (tertiary/aromatic N) is 8. The zero-order chi connectivity index (χ0) is 21.5. The van der Waals surface area contributed by atoms with Gasteiger partial charge in [-0.25, -0.2) is 33.4 Å². The van der Waals surface area contributed by atoms with Crippen molar-refractivity contribution < 1.29 is 8.95 Å².